The van der Waals surface area contributed by atoms with Crippen molar-refractivity contribution >= 4 is 0 Å². The second-order valence-electron chi connectivity index (χ2n) is 6.11. The van der Waals surface area contributed by atoms with E-state index in [9.17, 15) is 0 Å². The first-order valence-corrected chi connectivity index (χ1v) is 7.72. The number of nitrogens with two attached hydrogens (primary N) is 1. The molecule has 2 unspecified atom stereocenters. The predicted molar refractivity (Wildman–Crippen MR) is 83.6 cm³/mol. The molecule has 0 spiro atoms. The van der Waals surface area contributed by atoms with Crippen molar-refractivity contribution < 1.29 is 4.74 Å². The summed E-state index contributed by atoms with van der Waals surface area (Å²) in [6, 6.07) is 9.87. The summed E-state index contributed by atoms with van der Waals surface area (Å²) in [6.45, 7) is 6.36. The van der Waals surface area contributed by atoms with Gasteiger partial charge >= 0.3 is 0 Å². The smallest absolute Gasteiger partial charge is 0.0713 e. The third kappa shape index (κ3) is 3.60. The average molecular weight is 276 g/mol. The van der Waals surface area contributed by atoms with Gasteiger partial charge in [-0.2, -0.15) is 0 Å². The van der Waals surface area contributed by atoms with Gasteiger partial charge in [-0.05, 0) is 44.4 Å². The van der Waals surface area contributed by atoms with E-state index in [1.165, 1.54) is 24.0 Å². The Hall–Kier alpha value is -0.900. The van der Waals surface area contributed by atoms with Gasteiger partial charge in [-0.15, -0.1) is 0 Å². The standard InChI is InChI=1S/C17H28N2O/c1-13(2)19-11-5-4-6-16(18)17(19)15-9-7-14(8-10-15)12-20-3/h7-10,13,16-17H,4-6,11-12,18H2,1-3H3. The van der Waals surface area contributed by atoms with Crippen LogP contribution in [-0.4, -0.2) is 30.6 Å². The Labute approximate surface area is 123 Å². The number of benzene rings is 1. The molecule has 0 aromatic heterocycles. The van der Waals surface area contributed by atoms with Crippen molar-refractivity contribution in [1.29, 1.82) is 0 Å². The minimum Gasteiger partial charge on any atom is -0.380 e. The van der Waals surface area contributed by atoms with Crippen LogP contribution in [0, 0.1) is 0 Å². The maximum Gasteiger partial charge on any atom is 0.0713 e. The van der Waals surface area contributed by atoms with Gasteiger partial charge in [0.25, 0.3) is 0 Å². The van der Waals surface area contributed by atoms with Crippen LogP contribution in [0.5, 0.6) is 0 Å². The van der Waals surface area contributed by atoms with Gasteiger partial charge in [0.1, 0.15) is 0 Å². The van der Waals surface area contributed by atoms with Gasteiger partial charge in [0.05, 0.1) is 12.6 Å². The number of rotatable bonds is 4. The van der Waals surface area contributed by atoms with E-state index >= 15 is 0 Å². The minimum absolute atomic E-state index is 0.230. The largest absolute Gasteiger partial charge is 0.380 e. The van der Waals surface area contributed by atoms with Crippen molar-refractivity contribution in [3.05, 3.63) is 35.4 Å². The highest BCUT2D eigenvalue weighted by Crippen LogP contribution is 2.31. The quantitative estimate of drug-likeness (QED) is 0.918. The summed E-state index contributed by atoms with van der Waals surface area (Å²) in [4.78, 5) is 2.56. The number of hydrogen-bond donors (Lipinski definition) is 1. The highest BCUT2D eigenvalue weighted by atomic mass is 16.5. The molecule has 2 N–H and O–H groups in total. The van der Waals surface area contributed by atoms with Crippen LogP contribution in [0.2, 0.25) is 0 Å². The van der Waals surface area contributed by atoms with Crippen LogP contribution in [0.1, 0.15) is 50.3 Å². The molecule has 20 heavy (non-hydrogen) atoms. The second kappa shape index (κ2) is 7.21. The first kappa shape index (κ1) is 15.5. The van der Waals surface area contributed by atoms with E-state index in [4.69, 9.17) is 10.5 Å². The molecule has 1 aromatic rings. The molecule has 1 fully saturated rings. The third-order valence-electron chi connectivity index (χ3n) is 4.26. The summed E-state index contributed by atoms with van der Waals surface area (Å²) in [6.07, 6.45) is 3.61. The molecule has 1 aliphatic rings. The van der Waals surface area contributed by atoms with Crippen molar-refractivity contribution in [3.8, 4) is 0 Å². The lowest BCUT2D eigenvalue weighted by molar-refractivity contribution is 0.144. The molecule has 3 nitrogen and oxygen atoms in total. The Kier molecular flexibility index (Phi) is 5.58. The van der Waals surface area contributed by atoms with Gasteiger partial charge in [-0.25, -0.2) is 0 Å². The molecule has 2 atom stereocenters. The number of hydrogen-bond acceptors (Lipinski definition) is 3. The Morgan fingerprint density at radius 1 is 1.25 bits per heavy atom. The summed E-state index contributed by atoms with van der Waals surface area (Å²) in [5.41, 5.74) is 9.03. The molecule has 0 radical (unpaired) electrons. The molecule has 1 aromatic carbocycles. The van der Waals surface area contributed by atoms with Gasteiger partial charge < -0.3 is 10.5 Å². The summed E-state index contributed by atoms with van der Waals surface area (Å²) >= 11 is 0. The number of methoxy groups -OCH3 is 1. The lowest BCUT2D eigenvalue weighted by Gasteiger charge is -2.36. The molecule has 2 rings (SSSR count). The monoisotopic (exact) mass is 276 g/mol. The highest BCUT2D eigenvalue weighted by molar-refractivity contribution is 5.26. The lowest BCUT2D eigenvalue weighted by Crippen LogP contribution is -2.43. The average Bonchev–Trinajstić information content (AvgIpc) is 2.62. The maximum atomic E-state index is 6.47. The van der Waals surface area contributed by atoms with E-state index < -0.39 is 0 Å². The van der Waals surface area contributed by atoms with E-state index in [1.54, 1.807) is 7.11 Å². The fourth-order valence-corrected chi connectivity index (χ4v) is 3.21. The topological polar surface area (TPSA) is 38.5 Å². The lowest BCUT2D eigenvalue weighted by atomic mass is 9.95. The summed E-state index contributed by atoms with van der Waals surface area (Å²) < 4.78 is 5.18. The molecule has 1 heterocycles. The molecule has 1 saturated heterocycles. The molecule has 3 heteroatoms. The first-order chi connectivity index (χ1) is 9.63. The Balaban J connectivity index is 2.24. The van der Waals surface area contributed by atoms with Crippen LogP contribution in [0.3, 0.4) is 0 Å². The van der Waals surface area contributed by atoms with Crippen LogP contribution < -0.4 is 5.73 Å². The van der Waals surface area contributed by atoms with Crippen LogP contribution in [0.15, 0.2) is 24.3 Å². The summed E-state index contributed by atoms with van der Waals surface area (Å²) in [5, 5.41) is 0. The zero-order valence-corrected chi connectivity index (χ0v) is 13.0. The third-order valence-corrected chi connectivity index (χ3v) is 4.26. The van der Waals surface area contributed by atoms with Gasteiger partial charge in [0.15, 0.2) is 0 Å². The molecule has 1 aliphatic heterocycles. The van der Waals surface area contributed by atoms with Crippen molar-refractivity contribution in [2.45, 2.75) is 57.8 Å². The fourth-order valence-electron chi connectivity index (χ4n) is 3.21. The predicted octanol–water partition coefficient (Wildman–Crippen LogP) is 3.10. The number of likely N-dealkylation sites (tertiary alicyclic amines) is 1. The highest BCUT2D eigenvalue weighted by Gasteiger charge is 2.30. The Bertz CT molecular complexity index is 402. The molecular weight excluding hydrogens is 248 g/mol. The molecule has 0 aliphatic carbocycles. The van der Waals surface area contributed by atoms with Crippen LogP contribution >= 0.6 is 0 Å². The van der Waals surface area contributed by atoms with Crippen molar-refractivity contribution in [2.24, 2.45) is 5.73 Å². The van der Waals surface area contributed by atoms with Gasteiger partial charge in [0, 0.05) is 19.2 Å². The molecule has 0 saturated carbocycles. The molecule has 112 valence electrons. The van der Waals surface area contributed by atoms with E-state index in [0.29, 0.717) is 18.7 Å². The first-order valence-electron chi connectivity index (χ1n) is 7.72. The Morgan fingerprint density at radius 3 is 2.55 bits per heavy atom. The zero-order chi connectivity index (χ0) is 14.5. The van der Waals surface area contributed by atoms with Gasteiger partial charge in [-0.1, -0.05) is 30.7 Å². The van der Waals surface area contributed by atoms with E-state index in [-0.39, 0.29) is 6.04 Å². The van der Waals surface area contributed by atoms with E-state index in [1.807, 2.05) is 0 Å². The SMILES string of the molecule is COCc1ccc(C2C(N)CCCCN2C(C)C)cc1. The van der Waals surface area contributed by atoms with Crippen LogP contribution in [0.25, 0.3) is 0 Å². The Morgan fingerprint density at radius 2 is 1.95 bits per heavy atom. The van der Waals surface area contributed by atoms with Crippen molar-refractivity contribution in [2.75, 3.05) is 13.7 Å². The van der Waals surface area contributed by atoms with E-state index in [0.717, 1.165) is 13.0 Å². The number of ether oxygens (including phenoxy) is 1. The maximum absolute atomic E-state index is 6.47. The summed E-state index contributed by atoms with van der Waals surface area (Å²) in [5.74, 6) is 0. The summed E-state index contributed by atoms with van der Waals surface area (Å²) in [7, 11) is 1.73. The van der Waals surface area contributed by atoms with Crippen LogP contribution in [0.4, 0.5) is 0 Å². The van der Waals surface area contributed by atoms with Crippen molar-refractivity contribution in [1.82, 2.24) is 4.90 Å². The van der Waals surface area contributed by atoms with Gasteiger partial charge in [-0.3, -0.25) is 4.90 Å². The normalized spacial score (nSPS) is 24.9. The number of nitrogens with zero attached hydrogens (tertiary/aromatic N) is 1. The molecular formula is C17H28N2O. The van der Waals surface area contributed by atoms with Crippen LogP contribution in [-0.2, 0) is 11.3 Å². The van der Waals surface area contributed by atoms with Gasteiger partial charge in [0.2, 0.25) is 0 Å². The second-order valence-corrected chi connectivity index (χ2v) is 6.11. The zero-order valence-electron chi connectivity index (χ0n) is 13.0. The fraction of sp³-hybridized carbons (Fsp3) is 0.647. The van der Waals surface area contributed by atoms with E-state index in [2.05, 4.69) is 43.0 Å². The minimum atomic E-state index is 0.230. The molecule has 0 bridgehead atoms. The molecule has 0 amide bonds. The van der Waals surface area contributed by atoms with Crippen molar-refractivity contribution in [3.63, 3.8) is 0 Å².